The van der Waals surface area contributed by atoms with Gasteiger partial charge in [0.1, 0.15) is 5.82 Å². The number of nitrogens with one attached hydrogen (secondary N) is 2. The quantitative estimate of drug-likeness (QED) is 0.753. The van der Waals surface area contributed by atoms with Crippen molar-refractivity contribution in [3.05, 3.63) is 29.0 Å². The second-order valence-electron chi connectivity index (χ2n) is 5.12. The minimum Gasteiger partial charge on any atom is -0.481 e. The van der Waals surface area contributed by atoms with Crippen LogP contribution < -0.4 is 10.6 Å². The number of carboxylic acid groups (broad SMARTS) is 1. The Morgan fingerprint density at radius 3 is 2.62 bits per heavy atom. The molecule has 1 unspecified atom stereocenters. The van der Waals surface area contributed by atoms with Crippen LogP contribution in [0, 0.1) is 17.7 Å². The summed E-state index contributed by atoms with van der Waals surface area (Å²) in [5.41, 5.74) is -0.0595. The van der Waals surface area contributed by atoms with Gasteiger partial charge in [0.15, 0.2) is 0 Å². The fourth-order valence-corrected chi connectivity index (χ4v) is 1.99. The van der Waals surface area contributed by atoms with Crippen LogP contribution in [0.4, 0.5) is 14.9 Å². The molecule has 5 nitrogen and oxygen atoms in total. The van der Waals surface area contributed by atoms with E-state index >= 15 is 0 Å². The van der Waals surface area contributed by atoms with Gasteiger partial charge >= 0.3 is 12.0 Å². The Morgan fingerprint density at radius 1 is 1.38 bits per heavy atom. The minimum absolute atomic E-state index is 0.0263. The number of carbonyl (C=O) groups excluding carboxylic acids is 1. The molecule has 116 valence electrons. The van der Waals surface area contributed by atoms with Crippen molar-refractivity contribution in [1.82, 2.24) is 5.32 Å². The fraction of sp³-hybridized carbons (Fsp3) is 0.429. The lowest BCUT2D eigenvalue weighted by Gasteiger charge is -2.16. The molecule has 1 rings (SSSR count). The first-order valence-corrected chi connectivity index (χ1v) is 6.90. The van der Waals surface area contributed by atoms with Gasteiger partial charge in [-0.15, -0.1) is 0 Å². The SMILES string of the molecule is CC(C)CC(CNC(=O)Nc1cc(Cl)ccc1F)C(=O)O. The van der Waals surface area contributed by atoms with Crippen LogP contribution in [0.1, 0.15) is 20.3 Å². The number of amides is 2. The summed E-state index contributed by atoms with van der Waals surface area (Å²) >= 11 is 5.71. The van der Waals surface area contributed by atoms with E-state index in [1.54, 1.807) is 0 Å². The van der Waals surface area contributed by atoms with Crippen molar-refractivity contribution in [2.24, 2.45) is 11.8 Å². The number of carboxylic acids is 1. The van der Waals surface area contributed by atoms with Crippen molar-refractivity contribution in [2.75, 3.05) is 11.9 Å². The van der Waals surface area contributed by atoms with E-state index in [9.17, 15) is 14.0 Å². The largest absolute Gasteiger partial charge is 0.481 e. The number of carbonyl (C=O) groups is 2. The summed E-state index contributed by atoms with van der Waals surface area (Å²) in [6.07, 6.45) is 0.446. The number of hydrogen-bond acceptors (Lipinski definition) is 2. The Labute approximate surface area is 127 Å². The zero-order valence-corrected chi connectivity index (χ0v) is 12.6. The average Bonchev–Trinajstić information content (AvgIpc) is 2.38. The molecule has 0 aliphatic carbocycles. The van der Waals surface area contributed by atoms with Crippen LogP contribution >= 0.6 is 11.6 Å². The Morgan fingerprint density at radius 2 is 2.05 bits per heavy atom. The van der Waals surface area contributed by atoms with Crippen LogP contribution in [0.25, 0.3) is 0 Å². The monoisotopic (exact) mass is 316 g/mol. The van der Waals surface area contributed by atoms with Gasteiger partial charge in [0.25, 0.3) is 0 Å². The summed E-state index contributed by atoms with van der Waals surface area (Å²) < 4.78 is 13.4. The second-order valence-corrected chi connectivity index (χ2v) is 5.56. The first-order chi connectivity index (χ1) is 9.79. The highest BCUT2D eigenvalue weighted by molar-refractivity contribution is 6.30. The molecule has 0 heterocycles. The van der Waals surface area contributed by atoms with E-state index in [0.29, 0.717) is 6.42 Å². The van der Waals surface area contributed by atoms with E-state index in [2.05, 4.69) is 10.6 Å². The van der Waals surface area contributed by atoms with Crippen LogP contribution in [0.15, 0.2) is 18.2 Å². The number of anilines is 1. The fourth-order valence-electron chi connectivity index (χ4n) is 1.82. The first kappa shape index (κ1) is 17.2. The Bertz CT molecular complexity index is 523. The summed E-state index contributed by atoms with van der Waals surface area (Å²) in [4.78, 5) is 22.7. The molecule has 0 aliphatic rings. The maximum absolute atomic E-state index is 13.4. The van der Waals surface area contributed by atoms with Gasteiger partial charge in [-0.25, -0.2) is 9.18 Å². The molecule has 1 aromatic rings. The third-order valence-corrected chi connectivity index (χ3v) is 3.03. The van der Waals surface area contributed by atoms with Gasteiger partial charge < -0.3 is 15.7 Å². The number of halogens is 2. The maximum Gasteiger partial charge on any atom is 0.319 e. The normalized spacial score (nSPS) is 12.0. The molecule has 21 heavy (non-hydrogen) atoms. The lowest BCUT2D eigenvalue weighted by molar-refractivity contribution is -0.142. The highest BCUT2D eigenvalue weighted by Gasteiger charge is 2.19. The second kappa shape index (κ2) is 7.83. The third-order valence-electron chi connectivity index (χ3n) is 2.79. The maximum atomic E-state index is 13.4. The highest BCUT2D eigenvalue weighted by atomic mass is 35.5. The molecule has 2 amide bonds. The summed E-state index contributed by atoms with van der Waals surface area (Å²) in [7, 11) is 0. The molecular formula is C14H18ClFN2O3. The van der Waals surface area contributed by atoms with E-state index in [1.807, 2.05) is 13.8 Å². The summed E-state index contributed by atoms with van der Waals surface area (Å²) in [6, 6.07) is 3.10. The molecule has 0 aromatic heterocycles. The van der Waals surface area contributed by atoms with Crippen LogP contribution in [-0.4, -0.2) is 23.7 Å². The Balaban J connectivity index is 2.57. The van der Waals surface area contributed by atoms with E-state index in [4.69, 9.17) is 16.7 Å². The average molecular weight is 317 g/mol. The van der Waals surface area contributed by atoms with Crippen molar-refractivity contribution in [2.45, 2.75) is 20.3 Å². The van der Waals surface area contributed by atoms with Gasteiger partial charge in [0.2, 0.25) is 0 Å². The molecule has 0 aliphatic heterocycles. The molecule has 0 fully saturated rings. The summed E-state index contributed by atoms with van der Waals surface area (Å²) in [5, 5.41) is 14.1. The number of benzene rings is 1. The summed E-state index contributed by atoms with van der Waals surface area (Å²) in [6.45, 7) is 3.77. The van der Waals surface area contributed by atoms with Crippen LogP contribution in [-0.2, 0) is 4.79 Å². The lowest BCUT2D eigenvalue weighted by atomic mass is 9.97. The first-order valence-electron chi connectivity index (χ1n) is 6.52. The number of aliphatic carboxylic acids is 1. The van der Waals surface area contributed by atoms with Crippen LogP contribution in [0.2, 0.25) is 5.02 Å². The number of rotatable bonds is 6. The van der Waals surface area contributed by atoms with E-state index in [-0.39, 0.29) is 23.2 Å². The van der Waals surface area contributed by atoms with Crippen LogP contribution in [0.3, 0.4) is 0 Å². The summed E-state index contributed by atoms with van der Waals surface area (Å²) in [5.74, 6) is -2.08. The lowest BCUT2D eigenvalue weighted by Crippen LogP contribution is -2.36. The zero-order chi connectivity index (χ0) is 16.0. The molecular weight excluding hydrogens is 299 g/mol. The van der Waals surface area contributed by atoms with Gasteiger partial charge in [-0.2, -0.15) is 0 Å². The number of hydrogen-bond donors (Lipinski definition) is 3. The van der Waals surface area contributed by atoms with Crippen molar-refractivity contribution >= 4 is 29.3 Å². The van der Waals surface area contributed by atoms with Gasteiger partial charge in [-0.05, 0) is 30.5 Å². The van der Waals surface area contributed by atoms with Crippen molar-refractivity contribution in [3.8, 4) is 0 Å². The zero-order valence-electron chi connectivity index (χ0n) is 11.8. The van der Waals surface area contributed by atoms with Gasteiger partial charge in [-0.1, -0.05) is 25.4 Å². The molecule has 7 heteroatoms. The topological polar surface area (TPSA) is 78.4 Å². The molecule has 0 saturated heterocycles. The predicted octanol–water partition coefficient (Wildman–Crippen LogP) is 3.35. The number of urea groups is 1. The van der Waals surface area contributed by atoms with E-state index in [1.165, 1.54) is 12.1 Å². The third kappa shape index (κ3) is 5.99. The molecule has 1 aromatic carbocycles. The predicted molar refractivity (Wildman–Crippen MR) is 79.0 cm³/mol. The Kier molecular flexibility index (Phi) is 6.42. The van der Waals surface area contributed by atoms with Gasteiger partial charge in [0, 0.05) is 11.6 Å². The molecule has 0 saturated carbocycles. The highest BCUT2D eigenvalue weighted by Crippen LogP contribution is 2.19. The molecule has 0 bridgehead atoms. The van der Waals surface area contributed by atoms with Crippen LogP contribution in [0.5, 0.6) is 0 Å². The minimum atomic E-state index is -0.974. The molecule has 1 atom stereocenters. The van der Waals surface area contributed by atoms with Crippen molar-refractivity contribution < 1.29 is 19.1 Å². The smallest absolute Gasteiger partial charge is 0.319 e. The van der Waals surface area contributed by atoms with E-state index < -0.39 is 23.7 Å². The van der Waals surface area contributed by atoms with Crippen molar-refractivity contribution in [3.63, 3.8) is 0 Å². The molecule has 3 N–H and O–H groups in total. The standard InChI is InChI=1S/C14H18ClFN2O3/c1-8(2)5-9(13(19)20)7-17-14(21)18-12-6-10(15)3-4-11(12)16/h3-4,6,8-9H,5,7H2,1-2H3,(H,19,20)(H2,17,18,21). The van der Waals surface area contributed by atoms with Gasteiger partial charge in [-0.3, -0.25) is 4.79 Å². The van der Waals surface area contributed by atoms with Crippen molar-refractivity contribution in [1.29, 1.82) is 0 Å². The van der Waals surface area contributed by atoms with Gasteiger partial charge in [0.05, 0.1) is 11.6 Å². The molecule has 0 spiro atoms. The Hall–Kier alpha value is -1.82. The molecule has 0 radical (unpaired) electrons. The van der Waals surface area contributed by atoms with E-state index in [0.717, 1.165) is 6.07 Å².